The van der Waals surface area contributed by atoms with Gasteiger partial charge in [-0.05, 0) is 29.2 Å². The maximum Gasteiger partial charge on any atom is 0.422 e. The molecule has 2 radical (unpaired) electrons. The molecule has 0 aromatic heterocycles. The maximum absolute atomic E-state index is 16.8. The van der Waals surface area contributed by atoms with E-state index < -0.39 is 64.8 Å². The van der Waals surface area contributed by atoms with Gasteiger partial charge in [0.05, 0.1) is 17.9 Å². The third kappa shape index (κ3) is 7.43. The first kappa shape index (κ1) is 37.7. The zero-order valence-corrected chi connectivity index (χ0v) is 28.7. The van der Waals surface area contributed by atoms with Crippen LogP contribution < -0.4 is 10.8 Å². The van der Waals surface area contributed by atoms with E-state index in [2.05, 4.69) is 11.2 Å². The Morgan fingerprint density at radius 3 is 1.86 bits per heavy atom. The van der Waals surface area contributed by atoms with Gasteiger partial charge in [-0.2, -0.15) is 13.2 Å². The third-order valence-electron chi connectivity index (χ3n) is 8.91. The summed E-state index contributed by atoms with van der Waals surface area (Å²) in [6.07, 6.45) is -5.90. The molecule has 0 spiro atoms. The number of ether oxygens (including phenoxy) is 1. The number of alkyl halides is 4. The Labute approximate surface area is 300 Å². The van der Waals surface area contributed by atoms with Crippen molar-refractivity contribution < 1.29 is 37.0 Å². The average molecular weight is 715 g/mol. The number of methoxy groups -OCH3 is 1. The number of benzene rings is 4. The van der Waals surface area contributed by atoms with Crippen LogP contribution in [0.5, 0.6) is 0 Å². The number of esters is 1. The number of thioether (sulfide) groups is 1. The number of nitrogens with zero attached hydrogens (tertiary/aromatic N) is 1. The highest BCUT2D eigenvalue weighted by molar-refractivity contribution is 8.00. The molecule has 6 nitrogen and oxygen atoms in total. The Bertz CT molecular complexity index is 1770. The fourth-order valence-corrected chi connectivity index (χ4v) is 8.18. The zero-order valence-electron chi connectivity index (χ0n) is 27.9. The minimum atomic E-state index is -5.15. The minimum absolute atomic E-state index is 0.181. The number of aliphatic hydroxyl groups excluding tert-OH is 1. The molecule has 1 heterocycles. The van der Waals surface area contributed by atoms with Gasteiger partial charge in [0, 0.05) is 12.2 Å². The predicted octanol–water partition coefficient (Wildman–Crippen LogP) is 5.38. The SMILES string of the molecule is [B]c1ccc([C@](C#CCO)(N[C@H]2CC(C)(F)N([C@@H](CSC(c3ccccc3)(c3ccccc3)c3ccccc3)C(=O)OC)C2=O)C(F)(F)F)cc1. The second-order valence-electron chi connectivity index (χ2n) is 12.2. The van der Waals surface area contributed by atoms with E-state index in [0.29, 0.717) is 4.90 Å². The normalized spacial score (nSPS) is 19.5. The molecule has 1 unspecified atom stereocenters. The molecule has 1 fully saturated rings. The van der Waals surface area contributed by atoms with Crippen LogP contribution in [0, 0.1) is 11.8 Å². The number of hydrogen-bond acceptors (Lipinski definition) is 6. The van der Waals surface area contributed by atoms with E-state index in [0.717, 1.165) is 42.9 Å². The van der Waals surface area contributed by atoms with Gasteiger partial charge in [0.15, 0.2) is 5.79 Å². The number of aliphatic hydroxyl groups is 1. The van der Waals surface area contributed by atoms with Crippen LogP contribution in [0.2, 0.25) is 0 Å². The molecule has 1 aliphatic heterocycles. The lowest BCUT2D eigenvalue weighted by Gasteiger charge is -2.39. The first-order chi connectivity index (χ1) is 24.3. The summed E-state index contributed by atoms with van der Waals surface area (Å²) in [4.78, 5) is 28.4. The van der Waals surface area contributed by atoms with Crippen LogP contribution in [0.3, 0.4) is 0 Å². The van der Waals surface area contributed by atoms with E-state index in [9.17, 15) is 14.7 Å². The second-order valence-corrected chi connectivity index (χ2v) is 13.4. The highest BCUT2D eigenvalue weighted by Crippen LogP contribution is 2.50. The molecule has 1 saturated heterocycles. The topological polar surface area (TPSA) is 78.9 Å². The van der Waals surface area contributed by atoms with E-state index in [1.807, 2.05) is 96.9 Å². The summed E-state index contributed by atoms with van der Waals surface area (Å²) < 4.78 is 66.1. The Kier molecular flexibility index (Phi) is 11.3. The summed E-state index contributed by atoms with van der Waals surface area (Å²) in [5.41, 5.74) is -0.920. The number of hydrogen-bond donors (Lipinski definition) is 2. The van der Waals surface area contributed by atoms with E-state index in [-0.39, 0.29) is 11.2 Å². The first-order valence-electron chi connectivity index (χ1n) is 16.0. The molecule has 5 rings (SSSR count). The standard InChI is InChI=1S/C39H35BF4N2O4S/c1-36(41)25-32(45-37(23-12-24-47,39(42,43)44)27-19-21-31(40)22-20-27)34(48)46(36)33(35(49)50-2)26-51-38(28-13-6-3-7-14-28,29-15-8-4-9-16-29)30-17-10-5-11-18-30/h3-11,13-22,32-33,45,47H,24-26H2,1-2H3/t32-,33-,36?,37-/m0/s1. The molecule has 1 amide bonds. The molecule has 0 aliphatic carbocycles. The Balaban J connectivity index is 1.58. The average Bonchev–Trinajstić information content (AvgIpc) is 3.35. The van der Waals surface area contributed by atoms with Gasteiger partial charge in [0.25, 0.3) is 0 Å². The molecular weight excluding hydrogens is 679 g/mol. The lowest BCUT2D eigenvalue weighted by atomic mass is 9.84. The molecule has 4 atom stereocenters. The quantitative estimate of drug-likeness (QED) is 0.0544. The lowest BCUT2D eigenvalue weighted by molar-refractivity contribution is -0.184. The Morgan fingerprint density at radius 2 is 1.43 bits per heavy atom. The van der Waals surface area contributed by atoms with E-state index in [1.165, 1.54) is 23.9 Å². The van der Waals surface area contributed by atoms with Crippen LogP contribution in [0.4, 0.5) is 17.6 Å². The number of likely N-dealkylation sites (tertiary alicyclic amines) is 1. The number of carbonyl (C=O) groups excluding carboxylic acids is 2. The maximum atomic E-state index is 16.8. The summed E-state index contributed by atoms with van der Waals surface area (Å²) in [6.45, 7) is 0.136. The highest BCUT2D eigenvalue weighted by atomic mass is 32.2. The monoisotopic (exact) mass is 714 g/mol. The highest BCUT2D eigenvalue weighted by Gasteiger charge is 2.61. The van der Waals surface area contributed by atoms with Crippen molar-refractivity contribution in [1.29, 1.82) is 0 Å². The summed E-state index contributed by atoms with van der Waals surface area (Å²) in [6, 6.07) is 29.8. The van der Waals surface area contributed by atoms with Crippen LogP contribution >= 0.6 is 11.8 Å². The smallest absolute Gasteiger partial charge is 0.422 e. The van der Waals surface area contributed by atoms with Gasteiger partial charge >= 0.3 is 12.1 Å². The zero-order chi connectivity index (χ0) is 36.9. The van der Waals surface area contributed by atoms with Crippen LogP contribution in [0.25, 0.3) is 0 Å². The molecule has 0 bridgehead atoms. The molecule has 1 aliphatic rings. The van der Waals surface area contributed by atoms with Crippen LogP contribution in [0.1, 0.15) is 35.6 Å². The van der Waals surface area contributed by atoms with Crippen molar-refractivity contribution in [3.8, 4) is 11.8 Å². The van der Waals surface area contributed by atoms with Gasteiger partial charge in [-0.3, -0.25) is 15.0 Å². The summed E-state index contributed by atoms with van der Waals surface area (Å²) in [5, 5.41) is 11.7. The number of halogens is 4. The Morgan fingerprint density at radius 1 is 0.941 bits per heavy atom. The number of nitrogens with one attached hydrogen (secondary N) is 1. The van der Waals surface area contributed by atoms with Crippen molar-refractivity contribution in [2.45, 2.75) is 47.7 Å². The largest absolute Gasteiger partial charge is 0.467 e. The fraction of sp³-hybridized carbons (Fsp3) is 0.282. The first-order valence-corrected chi connectivity index (χ1v) is 17.0. The predicted molar refractivity (Wildman–Crippen MR) is 190 cm³/mol. The van der Waals surface area contributed by atoms with Crippen molar-refractivity contribution in [2.75, 3.05) is 19.5 Å². The summed E-state index contributed by atoms with van der Waals surface area (Å²) >= 11 is 1.27. The Hall–Kier alpha value is -4.57. The molecule has 262 valence electrons. The number of rotatable bonds is 11. The van der Waals surface area contributed by atoms with Gasteiger partial charge in [-0.1, -0.05) is 133 Å². The van der Waals surface area contributed by atoms with Crippen LogP contribution in [-0.4, -0.2) is 73.3 Å². The summed E-state index contributed by atoms with van der Waals surface area (Å²) in [7, 11) is 6.83. The van der Waals surface area contributed by atoms with Gasteiger partial charge in [0.1, 0.15) is 20.5 Å². The molecule has 0 saturated carbocycles. The number of amides is 1. The van der Waals surface area contributed by atoms with Crippen LogP contribution in [0.15, 0.2) is 115 Å². The molecule has 12 heteroatoms. The van der Waals surface area contributed by atoms with E-state index in [4.69, 9.17) is 12.6 Å². The van der Waals surface area contributed by atoms with Crippen molar-refractivity contribution in [3.05, 3.63) is 138 Å². The second kappa shape index (κ2) is 15.4. The molecule has 2 N–H and O–H groups in total. The molecular formula is C39H35BF4N2O4S. The molecule has 4 aromatic rings. The lowest BCUT2D eigenvalue weighted by Crippen LogP contribution is -2.59. The minimum Gasteiger partial charge on any atom is -0.467 e. The van der Waals surface area contributed by atoms with Gasteiger partial charge < -0.3 is 9.84 Å². The molecule has 4 aromatic carbocycles. The van der Waals surface area contributed by atoms with E-state index in [1.54, 1.807) is 0 Å². The molecule has 51 heavy (non-hydrogen) atoms. The van der Waals surface area contributed by atoms with Crippen molar-refractivity contribution in [3.63, 3.8) is 0 Å². The summed E-state index contributed by atoms with van der Waals surface area (Å²) in [5.74, 6) is -0.714. The fourth-order valence-electron chi connectivity index (χ4n) is 6.58. The van der Waals surface area contributed by atoms with Crippen molar-refractivity contribution >= 4 is 36.9 Å². The van der Waals surface area contributed by atoms with Gasteiger partial charge in [-0.15, -0.1) is 11.8 Å². The van der Waals surface area contributed by atoms with Crippen LogP contribution in [-0.2, 0) is 24.6 Å². The number of carbonyl (C=O) groups is 2. The van der Waals surface area contributed by atoms with Gasteiger partial charge in [-0.25, -0.2) is 9.18 Å². The van der Waals surface area contributed by atoms with E-state index >= 15 is 17.6 Å². The van der Waals surface area contributed by atoms with Crippen molar-refractivity contribution in [2.24, 2.45) is 0 Å². The van der Waals surface area contributed by atoms with Gasteiger partial charge in [0.2, 0.25) is 11.4 Å². The third-order valence-corrected chi connectivity index (χ3v) is 10.5. The van der Waals surface area contributed by atoms with Crippen molar-refractivity contribution in [1.82, 2.24) is 10.2 Å².